The van der Waals surface area contributed by atoms with Crippen molar-refractivity contribution >= 4 is 11.5 Å². The smallest absolute Gasteiger partial charge is 0.165 e. The SMILES string of the molecule is N#Cc1nc(NCCCn2ccnc2)ccc1N. The Labute approximate surface area is 105 Å². The molecule has 6 heteroatoms. The van der Waals surface area contributed by atoms with Gasteiger partial charge in [0.25, 0.3) is 0 Å². The zero-order valence-electron chi connectivity index (χ0n) is 9.87. The van der Waals surface area contributed by atoms with Crippen LogP contribution in [0.1, 0.15) is 12.1 Å². The van der Waals surface area contributed by atoms with Gasteiger partial charge >= 0.3 is 0 Å². The van der Waals surface area contributed by atoms with E-state index in [-0.39, 0.29) is 5.69 Å². The molecule has 18 heavy (non-hydrogen) atoms. The molecule has 2 heterocycles. The molecule has 0 aliphatic rings. The fourth-order valence-electron chi connectivity index (χ4n) is 1.56. The summed E-state index contributed by atoms with van der Waals surface area (Å²) in [7, 11) is 0. The van der Waals surface area contributed by atoms with E-state index in [1.54, 1.807) is 24.7 Å². The molecule has 0 saturated carbocycles. The molecule has 0 radical (unpaired) electrons. The van der Waals surface area contributed by atoms with Crippen molar-refractivity contribution < 1.29 is 0 Å². The molecule has 0 bridgehead atoms. The Kier molecular flexibility index (Phi) is 3.76. The van der Waals surface area contributed by atoms with Gasteiger partial charge in [0.1, 0.15) is 11.9 Å². The van der Waals surface area contributed by atoms with Crippen molar-refractivity contribution in [1.29, 1.82) is 5.26 Å². The van der Waals surface area contributed by atoms with Crippen LogP contribution in [0.25, 0.3) is 0 Å². The van der Waals surface area contributed by atoms with Crippen LogP contribution in [-0.4, -0.2) is 21.1 Å². The lowest BCUT2D eigenvalue weighted by molar-refractivity contribution is 0.660. The number of nitriles is 1. The average Bonchev–Trinajstić information content (AvgIpc) is 2.89. The molecular formula is C12H14N6. The quantitative estimate of drug-likeness (QED) is 0.769. The molecule has 2 aromatic rings. The van der Waals surface area contributed by atoms with Gasteiger partial charge in [-0.25, -0.2) is 9.97 Å². The minimum atomic E-state index is 0.259. The first-order valence-electron chi connectivity index (χ1n) is 5.66. The number of nitrogens with one attached hydrogen (secondary N) is 1. The lowest BCUT2D eigenvalue weighted by Gasteiger charge is -2.07. The highest BCUT2D eigenvalue weighted by Gasteiger charge is 2.01. The molecular weight excluding hydrogens is 228 g/mol. The topological polar surface area (TPSA) is 92.5 Å². The van der Waals surface area contributed by atoms with Crippen LogP contribution in [0.4, 0.5) is 11.5 Å². The molecule has 6 nitrogen and oxygen atoms in total. The van der Waals surface area contributed by atoms with E-state index >= 15 is 0 Å². The largest absolute Gasteiger partial charge is 0.396 e. The Morgan fingerprint density at radius 1 is 1.44 bits per heavy atom. The monoisotopic (exact) mass is 242 g/mol. The molecule has 0 aliphatic heterocycles. The Morgan fingerprint density at radius 2 is 2.33 bits per heavy atom. The highest BCUT2D eigenvalue weighted by Crippen LogP contribution is 2.11. The number of aryl methyl sites for hydroxylation is 1. The molecule has 0 aromatic carbocycles. The van der Waals surface area contributed by atoms with Crippen molar-refractivity contribution in [1.82, 2.24) is 14.5 Å². The molecule has 0 atom stereocenters. The van der Waals surface area contributed by atoms with Gasteiger partial charge in [0.05, 0.1) is 12.0 Å². The average molecular weight is 242 g/mol. The van der Waals surface area contributed by atoms with Crippen molar-refractivity contribution in [3.8, 4) is 6.07 Å². The number of nitrogen functional groups attached to an aromatic ring is 1. The standard InChI is InChI=1S/C12H14N6/c13-8-11-10(14)2-3-12(17-11)16-4-1-6-18-7-5-15-9-18/h2-3,5,7,9H,1,4,6,14H2,(H,16,17). The van der Waals surface area contributed by atoms with Crippen LogP contribution in [0.5, 0.6) is 0 Å². The predicted molar refractivity (Wildman–Crippen MR) is 68.7 cm³/mol. The van der Waals surface area contributed by atoms with Crippen molar-refractivity contribution in [2.24, 2.45) is 0 Å². The normalized spacial score (nSPS) is 9.94. The van der Waals surface area contributed by atoms with Crippen LogP contribution in [0.3, 0.4) is 0 Å². The first-order valence-corrected chi connectivity index (χ1v) is 5.66. The highest BCUT2D eigenvalue weighted by molar-refractivity contribution is 5.54. The number of imidazole rings is 1. The van der Waals surface area contributed by atoms with Gasteiger partial charge in [-0.2, -0.15) is 5.26 Å². The van der Waals surface area contributed by atoms with Gasteiger partial charge in [-0.05, 0) is 18.6 Å². The second kappa shape index (κ2) is 5.68. The van der Waals surface area contributed by atoms with Crippen LogP contribution in [-0.2, 0) is 6.54 Å². The lowest BCUT2D eigenvalue weighted by atomic mass is 10.3. The third kappa shape index (κ3) is 2.98. The van der Waals surface area contributed by atoms with Gasteiger partial charge in [-0.3, -0.25) is 0 Å². The van der Waals surface area contributed by atoms with Crippen LogP contribution < -0.4 is 11.1 Å². The molecule has 2 aromatic heterocycles. The zero-order valence-corrected chi connectivity index (χ0v) is 9.87. The third-order valence-electron chi connectivity index (χ3n) is 2.49. The molecule has 0 fully saturated rings. The number of anilines is 2. The number of hydrogen-bond acceptors (Lipinski definition) is 5. The van der Waals surface area contributed by atoms with Gasteiger partial charge < -0.3 is 15.6 Å². The third-order valence-corrected chi connectivity index (χ3v) is 2.49. The van der Waals surface area contributed by atoms with E-state index in [9.17, 15) is 0 Å². The van der Waals surface area contributed by atoms with Gasteiger partial charge in [0, 0.05) is 25.5 Å². The fraction of sp³-hybridized carbons (Fsp3) is 0.250. The summed E-state index contributed by atoms with van der Waals surface area (Å²) in [5.41, 5.74) is 6.26. The maximum absolute atomic E-state index is 8.81. The Bertz CT molecular complexity index is 540. The summed E-state index contributed by atoms with van der Waals surface area (Å²) >= 11 is 0. The first-order chi connectivity index (χ1) is 8.79. The Morgan fingerprint density at radius 3 is 3.06 bits per heavy atom. The molecule has 0 unspecified atom stereocenters. The molecule has 0 amide bonds. The van der Waals surface area contributed by atoms with E-state index in [1.807, 2.05) is 16.8 Å². The van der Waals surface area contributed by atoms with E-state index in [4.69, 9.17) is 11.0 Å². The maximum atomic E-state index is 8.81. The maximum Gasteiger partial charge on any atom is 0.165 e. The fourth-order valence-corrected chi connectivity index (χ4v) is 1.56. The Hall–Kier alpha value is -2.55. The summed E-state index contributed by atoms with van der Waals surface area (Å²) < 4.78 is 2.01. The summed E-state index contributed by atoms with van der Waals surface area (Å²) in [6.45, 7) is 1.67. The molecule has 0 saturated heterocycles. The van der Waals surface area contributed by atoms with E-state index in [0.29, 0.717) is 11.5 Å². The van der Waals surface area contributed by atoms with Crippen molar-refractivity contribution in [2.45, 2.75) is 13.0 Å². The van der Waals surface area contributed by atoms with Crippen LogP contribution in [0.2, 0.25) is 0 Å². The predicted octanol–water partition coefficient (Wildman–Crippen LogP) is 1.23. The van der Waals surface area contributed by atoms with Crippen molar-refractivity contribution in [3.63, 3.8) is 0 Å². The van der Waals surface area contributed by atoms with Crippen LogP contribution >= 0.6 is 0 Å². The minimum absolute atomic E-state index is 0.259. The highest BCUT2D eigenvalue weighted by atomic mass is 15.0. The van der Waals surface area contributed by atoms with Crippen molar-refractivity contribution in [3.05, 3.63) is 36.5 Å². The van der Waals surface area contributed by atoms with Crippen LogP contribution in [0, 0.1) is 11.3 Å². The van der Waals surface area contributed by atoms with E-state index in [1.165, 1.54) is 0 Å². The number of hydrogen-bond donors (Lipinski definition) is 2. The van der Waals surface area contributed by atoms with E-state index in [0.717, 1.165) is 19.5 Å². The van der Waals surface area contributed by atoms with Gasteiger partial charge in [0.15, 0.2) is 5.69 Å². The van der Waals surface area contributed by atoms with Gasteiger partial charge in [0.2, 0.25) is 0 Å². The zero-order chi connectivity index (χ0) is 12.8. The number of nitrogens with two attached hydrogens (primary N) is 1. The van der Waals surface area contributed by atoms with Gasteiger partial charge in [-0.1, -0.05) is 0 Å². The lowest BCUT2D eigenvalue weighted by Crippen LogP contribution is -2.08. The molecule has 92 valence electrons. The summed E-state index contributed by atoms with van der Waals surface area (Å²) in [5.74, 6) is 0.673. The van der Waals surface area contributed by atoms with E-state index < -0.39 is 0 Å². The van der Waals surface area contributed by atoms with E-state index in [2.05, 4.69) is 15.3 Å². The number of aromatic nitrogens is 3. The van der Waals surface area contributed by atoms with Crippen molar-refractivity contribution in [2.75, 3.05) is 17.6 Å². The molecule has 3 N–H and O–H groups in total. The number of pyridine rings is 1. The van der Waals surface area contributed by atoms with Gasteiger partial charge in [-0.15, -0.1) is 0 Å². The number of nitrogens with zero attached hydrogens (tertiary/aromatic N) is 4. The minimum Gasteiger partial charge on any atom is -0.396 e. The summed E-state index contributed by atoms with van der Waals surface area (Å²) in [5, 5.41) is 12.0. The molecule has 0 spiro atoms. The Balaban J connectivity index is 1.82. The number of rotatable bonds is 5. The molecule has 2 rings (SSSR count). The second-order valence-electron chi connectivity index (χ2n) is 3.83. The summed E-state index contributed by atoms with van der Waals surface area (Å²) in [4.78, 5) is 8.08. The summed E-state index contributed by atoms with van der Waals surface area (Å²) in [6.07, 6.45) is 6.42. The van der Waals surface area contributed by atoms with Crippen LogP contribution in [0.15, 0.2) is 30.9 Å². The summed E-state index contributed by atoms with van der Waals surface area (Å²) in [6, 6.07) is 5.42. The first kappa shape index (κ1) is 11.9. The molecule has 0 aliphatic carbocycles. The second-order valence-corrected chi connectivity index (χ2v) is 3.83.